The van der Waals surface area contributed by atoms with E-state index in [0.717, 1.165) is 89.8 Å². The highest BCUT2D eigenvalue weighted by Crippen LogP contribution is 2.45. The molecule has 0 amide bonds. The Kier molecular flexibility index (Phi) is 10.1. The molecule has 0 fully saturated rings. The number of para-hydroxylation sites is 4. The maximum absolute atomic E-state index is 7.02. The van der Waals surface area contributed by atoms with Crippen LogP contribution in [0.3, 0.4) is 0 Å². The van der Waals surface area contributed by atoms with Gasteiger partial charge in [-0.2, -0.15) is 0 Å². The normalized spacial score (nSPS) is 11.1. The lowest BCUT2D eigenvalue weighted by Gasteiger charge is -2.26. The highest BCUT2D eigenvalue weighted by molar-refractivity contribution is 6.13. The van der Waals surface area contributed by atoms with Crippen molar-refractivity contribution in [2.45, 2.75) is 0 Å². The maximum atomic E-state index is 7.02. The number of ether oxygens (including phenoxy) is 2. The second kappa shape index (κ2) is 16.9. The molecule has 304 valence electrons. The van der Waals surface area contributed by atoms with Gasteiger partial charge in [-0.05, 0) is 84.4 Å². The van der Waals surface area contributed by atoms with Crippen molar-refractivity contribution < 1.29 is 13.9 Å². The second-order valence-corrected chi connectivity index (χ2v) is 15.2. The van der Waals surface area contributed by atoms with E-state index < -0.39 is 0 Å². The molecule has 11 rings (SSSR count). The molecule has 2 heterocycles. The van der Waals surface area contributed by atoms with Crippen LogP contribution in [-0.2, 0) is 0 Å². The topological polar surface area (TPSA) is 73.5 Å². The molecule has 0 radical (unpaired) electrons. The molecule has 11 aromatic rings. The first-order valence-electron chi connectivity index (χ1n) is 21.1. The van der Waals surface area contributed by atoms with Crippen molar-refractivity contribution in [2.24, 2.45) is 0 Å². The largest absolute Gasteiger partial charge is 0.457 e. The smallest absolute Gasteiger partial charge is 0.164 e. The molecule has 0 unspecified atom stereocenters. The van der Waals surface area contributed by atoms with Gasteiger partial charge in [-0.3, -0.25) is 0 Å². The average Bonchev–Trinajstić information content (AvgIpc) is 3.76. The molecule has 0 aliphatic carbocycles. The van der Waals surface area contributed by atoms with Crippen LogP contribution in [0, 0.1) is 0 Å². The first-order chi connectivity index (χ1) is 31.7. The molecule has 7 nitrogen and oxygen atoms in total. The summed E-state index contributed by atoms with van der Waals surface area (Å²) in [5, 5.41) is 2.03. The molecule has 2 aromatic heterocycles. The van der Waals surface area contributed by atoms with Crippen molar-refractivity contribution in [3.63, 3.8) is 0 Å². The number of aromatic nitrogens is 3. The number of benzene rings is 9. The molecule has 0 saturated carbocycles. The first kappa shape index (κ1) is 38.1. The summed E-state index contributed by atoms with van der Waals surface area (Å²) < 4.78 is 19.4. The van der Waals surface area contributed by atoms with Gasteiger partial charge >= 0.3 is 0 Å². The van der Waals surface area contributed by atoms with E-state index in [2.05, 4.69) is 89.8 Å². The van der Waals surface area contributed by atoms with Crippen molar-refractivity contribution in [1.29, 1.82) is 0 Å². The molecule has 0 bridgehead atoms. The summed E-state index contributed by atoms with van der Waals surface area (Å²) in [6.07, 6.45) is 0. The van der Waals surface area contributed by atoms with Crippen LogP contribution in [0.2, 0.25) is 0 Å². The molecule has 64 heavy (non-hydrogen) atoms. The van der Waals surface area contributed by atoms with Gasteiger partial charge in [0.05, 0.1) is 5.69 Å². The van der Waals surface area contributed by atoms with Crippen LogP contribution in [0.1, 0.15) is 0 Å². The first-order valence-corrected chi connectivity index (χ1v) is 21.1. The Morgan fingerprint density at radius 2 is 0.703 bits per heavy atom. The number of fused-ring (bicyclic) bond motifs is 3. The standard InChI is InChI=1S/C57H38N4O3/c1-5-15-40(16-6-1)55-58-56(41-17-7-2-8-18-41)60-57(59-55)42-29-27-39(28-30-42)49-23-13-24-50-51-25-14-26-52(54(51)64-53(49)50)61(43-31-35-47(36-32-43)62-45-19-9-3-10-20-45)44-33-37-48(38-34-44)63-46-21-11-4-12-22-46/h1-38H. The van der Waals surface area contributed by atoms with Gasteiger partial charge in [0.1, 0.15) is 28.6 Å². The number of hydrogen-bond donors (Lipinski definition) is 0. The Hall–Kier alpha value is -8.81. The quantitative estimate of drug-likeness (QED) is 0.129. The number of rotatable bonds is 11. The van der Waals surface area contributed by atoms with E-state index in [4.69, 9.17) is 28.8 Å². The molecule has 9 aromatic carbocycles. The van der Waals surface area contributed by atoms with Gasteiger partial charge in [0, 0.05) is 44.4 Å². The third-order valence-electron chi connectivity index (χ3n) is 11.0. The molecule has 0 spiro atoms. The summed E-state index contributed by atoms with van der Waals surface area (Å²) in [6.45, 7) is 0. The Bertz CT molecular complexity index is 3200. The van der Waals surface area contributed by atoms with Gasteiger partial charge in [0.25, 0.3) is 0 Å². The van der Waals surface area contributed by atoms with E-state index in [0.29, 0.717) is 17.5 Å². The van der Waals surface area contributed by atoms with Crippen molar-refractivity contribution in [1.82, 2.24) is 15.0 Å². The number of hydrogen-bond acceptors (Lipinski definition) is 7. The molecular formula is C57H38N4O3. The summed E-state index contributed by atoms with van der Waals surface area (Å²) in [4.78, 5) is 17.0. The summed E-state index contributed by atoms with van der Waals surface area (Å²) in [5.41, 5.74) is 9.06. The second-order valence-electron chi connectivity index (χ2n) is 15.2. The van der Waals surface area contributed by atoms with E-state index in [-0.39, 0.29) is 0 Å². The summed E-state index contributed by atoms with van der Waals surface area (Å²) in [5.74, 6) is 4.88. The fourth-order valence-electron chi connectivity index (χ4n) is 7.95. The average molecular weight is 827 g/mol. The molecule has 0 atom stereocenters. The zero-order valence-corrected chi connectivity index (χ0v) is 34.5. The van der Waals surface area contributed by atoms with E-state index in [1.807, 2.05) is 146 Å². The van der Waals surface area contributed by atoms with Gasteiger partial charge in [-0.15, -0.1) is 0 Å². The van der Waals surface area contributed by atoms with Crippen LogP contribution < -0.4 is 14.4 Å². The Morgan fingerprint density at radius 3 is 1.19 bits per heavy atom. The summed E-state index contributed by atoms with van der Waals surface area (Å²) in [7, 11) is 0. The van der Waals surface area contributed by atoms with Crippen molar-refractivity contribution in [3.8, 4) is 68.3 Å². The Morgan fingerprint density at radius 1 is 0.312 bits per heavy atom. The SMILES string of the molecule is c1ccc(Oc2ccc(N(c3ccc(Oc4ccccc4)cc3)c3cccc4c3oc3c(-c5ccc(-c6nc(-c7ccccc7)nc(-c7ccccc7)n6)cc5)cccc34)cc2)cc1. The molecule has 0 N–H and O–H groups in total. The minimum absolute atomic E-state index is 0.602. The third-order valence-corrected chi connectivity index (χ3v) is 11.0. The predicted octanol–water partition coefficient (Wildman–Crippen LogP) is 15.5. The predicted molar refractivity (Wildman–Crippen MR) is 257 cm³/mol. The van der Waals surface area contributed by atoms with Crippen LogP contribution in [0.4, 0.5) is 17.1 Å². The van der Waals surface area contributed by atoms with Gasteiger partial charge in [-0.1, -0.05) is 152 Å². The highest BCUT2D eigenvalue weighted by Gasteiger charge is 2.21. The lowest BCUT2D eigenvalue weighted by Crippen LogP contribution is -2.10. The maximum Gasteiger partial charge on any atom is 0.164 e. The van der Waals surface area contributed by atoms with Crippen molar-refractivity contribution in [3.05, 3.63) is 231 Å². The van der Waals surface area contributed by atoms with Gasteiger partial charge < -0.3 is 18.8 Å². The molecule has 0 aliphatic heterocycles. The summed E-state index contributed by atoms with van der Waals surface area (Å²) in [6, 6.07) is 76.9. The van der Waals surface area contributed by atoms with E-state index >= 15 is 0 Å². The fourth-order valence-corrected chi connectivity index (χ4v) is 7.95. The van der Waals surface area contributed by atoms with Gasteiger partial charge in [0.15, 0.2) is 23.1 Å². The van der Waals surface area contributed by atoms with Gasteiger partial charge in [0.2, 0.25) is 0 Å². The molecular weight excluding hydrogens is 789 g/mol. The van der Waals surface area contributed by atoms with Crippen LogP contribution >= 0.6 is 0 Å². The lowest BCUT2D eigenvalue weighted by molar-refractivity contribution is 0.482. The van der Waals surface area contributed by atoms with Crippen LogP contribution in [0.25, 0.3) is 67.2 Å². The molecule has 0 aliphatic rings. The van der Waals surface area contributed by atoms with Crippen LogP contribution in [-0.4, -0.2) is 15.0 Å². The van der Waals surface area contributed by atoms with E-state index in [1.165, 1.54) is 0 Å². The third kappa shape index (κ3) is 7.70. The monoisotopic (exact) mass is 826 g/mol. The number of nitrogens with zero attached hydrogens (tertiary/aromatic N) is 4. The Labute approximate surface area is 370 Å². The van der Waals surface area contributed by atoms with Crippen molar-refractivity contribution >= 4 is 39.0 Å². The minimum Gasteiger partial charge on any atom is -0.457 e. The van der Waals surface area contributed by atoms with Crippen LogP contribution in [0.15, 0.2) is 235 Å². The summed E-state index contributed by atoms with van der Waals surface area (Å²) >= 11 is 0. The number of furan rings is 1. The van der Waals surface area contributed by atoms with E-state index in [1.54, 1.807) is 0 Å². The van der Waals surface area contributed by atoms with Gasteiger partial charge in [-0.25, -0.2) is 15.0 Å². The molecule has 7 heteroatoms. The van der Waals surface area contributed by atoms with Crippen LogP contribution in [0.5, 0.6) is 23.0 Å². The zero-order chi connectivity index (χ0) is 42.7. The Balaban J connectivity index is 0.977. The van der Waals surface area contributed by atoms with Crippen molar-refractivity contribution in [2.75, 3.05) is 4.90 Å². The molecule has 0 saturated heterocycles. The lowest BCUT2D eigenvalue weighted by atomic mass is 10.0. The highest BCUT2D eigenvalue weighted by atomic mass is 16.5. The van der Waals surface area contributed by atoms with E-state index in [9.17, 15) is 0 Å². The fraction of sp³-hybridized carbons (Fsp3) is 0. The minimum atomic E-state index is 0.602. The zero-order valence-electron chi connectivity index (χ0n) is 34.5. The number of anilines is 3.